The number of nitrogens with one attached hydrogen (secondary N) is 2. The Bertz CT molecular complexity index is 589. The number of anilines is 1. The molecule has 6 nitrogen and oxygen atoms in total. The summed E-state index contributed by atoms with van der Waals surface area (Å²) in [6, 6.07) is 0. The smallest absolute Gasteiger partial charge is 0.266 e. The first-order valence-corrected chi connectivity index (χ1v) is 6.12. The predicted octanol–water partition coefficient (Wildman–Crippen LogP) is 1.03. The second-order valence-electron chi connectivity index (χ2n) is 3.63. The first-order chi connectivity index (χ1) is 8.09. The van der Waals surface area contributed by atoms with Crippen molar-refractivity contribution in [1.82, 2.24) is 19.7 Å². The SMILES string of the molecule is Cc1c(CNc2nc[nH]c(=O)c2I)cnn1C. The van der Waals surface area contributed by atoms with Crippen LogP contribution in [0, 0.1) is 10.5 Å². The van der Waals surface area contributed by atoms with Crippen LogP contribution in [0.2, 0.25) is 0 Å². The first-order valence-electron chi connectivity index (χ1n) is 5.04. The molecule has 0 saturated carbocycles. The molecule has 0 aromatic carbocycles. The van der Waals surface area contributed by atoms with Gasteiger partial charge in [0.05, 0.1) is 12.5 Å². The molecule has 0 aliphatic heterocycles. The number of aryl methyl sites for hydroxylation is 1. The number of nitrogens with zero attached hydrogens (tertiary/aromatic N) is 3. The second kappa shape index (κ2) is 4.86. The summed E-state index contributed by atoms with van der Waals surface area (Å²) in [5.74, 6) is 0.595. The Morgan fingerprint density at radius 1 is 1.59 bits per heavy atom. The van der Waals surface area contributed by atoms with E-state index in [1.807, 2.05) is 47.4 Å². The minimum absolute atomic E-state index is 0.133. The van der Waals surface area contributed by atoms with Crippen molar-refractivity contribution in [3.63, 3.8) is 0 Å². The number of H-pyrrole nitrogens is 1. The van der Waals surface area contributed by atoms with E-state index in [2.05, 4.69) is 20.4 Å². The van der Waals surface area contributed by atoms with Gasteiger partial charge in [-0.3, -0.25) is 9.48 Å². The summed E-state index contributed by atoms with van der Waals surface area (Å²) >= 11 is 1.97. The topological polar surface area (TPSA) is 75.6 Å². The van der Waals surface area contributed by atoms with Crippen LogP contribution in [0.4, 0.5) is 5.82 Å². The molecule has 17 heavy (non-hydrogen) atoms. The highest BCUT2D eigenvalue weighted by Crippen LogP contribution is 2.12. The van der Waals surface area contributed by atoms with E-state index in [-0.39, 0.29) is 5.56 Å². The molecule has 2 aromatic heterocycles. The van der Waals surface area contributed by atoms with E-state index >= 15 is 0 Å². The minimum atomic E-state index is -0.133. The number of aromatic nitrogens is 4. The molecule has 0 bridgehead atoms. The molecule has 0 radical (unpaired) electrons. The van der Waals surface area contributed by atoms with E-state index in [0.717, 1.165) is 11.3 Å². The Morgan fingerprint density at radius 2 is 2.35 bits per heavy atom. The highest BCUT2D eigenvalue weighted by Gasteiger charge is 2.07. The number of hydrogen-bond acceptors (Lipinski definition) is 4. The van der Waals surface area contributed by atoms with Crippen LogP contribution < -0.4 is 10.9 Å². The minimum Gasteiger partial charge on any atom is -0.365 e. The van der Waals surface area contributed by atoms with Crippen LogP contribution in [0.5, 0.6) is 0 Å². The van der Waals surface area contributed by atoms with E-state index in [0.29, 0.717) is 15.9 Å². The Morgan fingerprint density at radius 3 is 3.00 bits per heavy atom. The predicted molar refractivity (Wildman–Crippen MR) is 72.8 cm³/mol. The fourth-order valence-electron chi connectivity index (χ4n) is 1.40. The van der Waals surface area contributed by atoms with Gasteiger partial charge in [-0.2, -0.15) is 5.10 Å². The molecule has 0 amide bonds. The van der Waals surface area contributed by atoms with E-state index in [4.69, 9.17) is 0 Å². The molecule has 0 saturated heterocycles. The molecular formula is C10H12IN5O. The number of hydrogen-bond donors (Lipinski definition) is 2. The van der Waals surface area contributed by atoms with Crippen molar-refractivity contribution in [2.75, 3.05) is 5.32 Å². The third-order valence-electron chi connectivity index (χ3n) is 2.58. The summed E-state index contributed by atoms with van der Waals surface area (Å²) in [6.45, 7) is 2.60. The van der Waals surface area contributed by atoms with Gasteiger partial charge in [0.2, 0.25) is 0 Å². The number of rotatable bonds is 3. The molecule has 2 heterocycles. The molecule has 0 spiro atoms. The molecule has 7 heteroatoms. The summed E-state index contributed by atoms with van der Waals surface area (Å²) in [6.07, 6.45) is 3.20. The normalized spacial score (nSPS) is 10.5. The standard InChI is InChI=1S/C10H12IN5O/c1-6-7(4-15-16(6)2)3-12-9-8(11)10(17)14-5-13-9/h4-5H,3H2,1-2H3,(H2,12,13,14,17). The summed E-state index contributed by atoms with van der Waals surface area (Å²) in [5, 5.41) is 7.29. The monoisotopic (exact) mass is 345 g/mol. The van der Waals surface area contributed by atoms with Crippen molar-refractivity contribution in [3.8, 4) is 0 Å². The number of halogens is 1. The average Bonchev–Trinajstić information content (AvgIpc) is 2.62. The van der Waals surface area contributed by atoms with Gasteiger partial charge in [-0.1, -0.05) is 0 Å². The van der Waals surface area contributed by atoms with Gasteiger partial charge in [0.1, 0.15) is 9.39 Å². The lowest BCUT2D eigenvalue weighted by atomic mass is 10.2. The fraction of sp³-hybridized carbons (Fsp3) is 0.300. The van der Waals surface area contributed by atoms with Gasteiger partial charge in [0, 0.05) is 24.8 Å². The lowest BCUT2D eigenvalue weighted by molar-refractivity contribution is 0.738. The van der Waals surface area contributed by atoms with Crippen molar-refractivity contribution in [1.29, 1.82) is 0 Å². The summed E-state index contributed by atoms with van der Waals surface area (Å²) < 4.78 is 2.37. The molecular weight excluding hydrogens is 333 g/mol. The molecule has 2 rings (SSSR count). The van der Waals surface area contributed by atoms with Crippen molar-refractivity contribution in [2.45, 2.75) is 13.5 Å². The molecule has 2 N–H and O–H groups in total. The van der Waals surface area contributed by atoms with E-state index < -0.39 is 0 Å². The van der Waals surface area contributed by atoms with E-state index in [9.17, 15) is 4.79 Å². The largest absolute Gasteiger partial charge is 0.365 e. The zero-order valence-corrected chi connectivity index (χ0v) is 11.6. The van der Waals surface area contributed by atoms with Crippen LogP contribution in [0.15, 0.2) is 17.3 Å². The molecule has 0 fully saturated rings. The second-order valence-corrected chi connectivity index (χ2v) is 4.71. The van der Waals surface area contributed by atoms with Crippen LogP contribution in [0.1, 0.15) is 11.3 Å². The van der Waals surface area contributed by atoms with Crippen LogP contribution in [-0.2, 0) is 13.6 Å². The van der Waals surface area contributed by atoms with Gasteiger partial charge in [-0.15, -0.1) is 0 Å². The first kappa shape index (κ1) is 12.1. The van der Waals surface area contributed by atoms with Crippen molar-refractivity contribution >= 4 is 28.4 Å². The summed E-state index contributed by atoms with van der Waals surface area (Å²) in [4.78, 5) is 18.0. The van der Waals surface area contributed by atoms with Crippen molar-refractivity contribution in [2.24, 2.45) is 7.05 Å². The molecule has 0 atom stereocenters. The van der Waals surface area contributed by atoms with Gasteiger partial charge >= 0.3 is 0 Å². The van der Waals surface area contributed by atoms with Crippen LogP contribution >= 0.6 is 22.6 Å². The van der Waals surface area contributed by atoms with Crippen LogP contribution in [0.25, 0.3) is 0 Å². The van der Waals surface area contributed by atoms with Gasteiger partial charge in [-0.25, -0.2) is 4.98 Å². The van der Waals surface area contributed by atoms with Gasteiger partial charge in [0.25, 0.3) is 5.56 Å². The zero-order chi connectivity index (χ0) is 12.4. The maximum absolute atomic E-state index is 11.4. The Kier molecular flexibility index (Phi) is 3.46. The lowest BCUT2D eigenvalue weighted by Crippen LogP contribution is -2.14. The van der Waals surface area contributed by atoms with Crippen LogP contribution in [0.3, 0.4) is 0 Å². The molecule has 90 valence electrons. The third-order valence-corrected chi connectivity index (χ3v) is 3.58. The molecule has 0 aliphatic carbocycles. The third kappa shape index (κ3) is 2.48. The average molecular weight is 345 g/mol. The van der Waals surface area contributed by atoms with Crippen molar-refractivity contribution in [3.05, 3.63) is 37.7 Å². The van der Waals surface area contributed by atoms with Gasteiger partial charge in [0.15, 0.2) is 0 Å². The summed E-state index contributed by atoms with van der Waals surface area (Å²) in [5.41, 5.74) is 2.05. The van der Waals surface area contributed by atoms with Crippen LogP contribution in [-0.4, -0.2) is 19.7 Å². The Labute approximate surface area is 112 Å². The Balaban J connectivity index is 2.15. The zero-order valence-electron chi connectivity index (χ0n) is 9.49. The summed E-state index contributed by atoms with van der Waals surface area (Å²) in [7, 11) is 1.90. The Hall–Kier alpha value is -1.38. The maximum Gasteiger partial charge on any atom is 0.266 e. The quantitative estimate of drug-likeness (QED) is 0.815. The highest BCUT2D eigenvalue weighted by atomic mass is 127. The molecule has 0 aliphatic rings. The maximum atomic E-state index is 11.4. The van der Waals surface area contributed by atoms with Gasteiger partial charge in [-0.05, 0) is 29.5 Å². The van der Waals surface area contributed by atoms with E-state index in [1.54, 1.807) is 0 Å². The fourth-order valence-corrected chi connectivity index (χ4v) is 1.89. The molecule has 2 aromatic rings. The molecule has 0 unspecified atom stereocenters. The number of aromatic amines is 1. The highest BCUT2D eigenvalue weighted by molar-refractivity contribution is 14.1. The van der Waals surface area contributed by atoms with Gasteiger partial charge < -0.3 is 10.3 Å². The lowest BCUT2D eigenvalue weighted by Gasteiger charge is -2.06. The van der Waals surface area contributed by atoms with Crippen molar-refractivity contribution < 1.29 is 0 Å². The van der Waals surface area contributed by atoms with E-state index in [1.165, 1.54) is 6.33 Å².